The van der Waals surface area contributed by atoms with E-state index in [1.807, 2.05) is 53.6 Å². The molecule has 0 aliphatic carbocycles. The van der Waals surface area contributed by atoms with Gasteiger partial charge in [0.05, 0.1) is 6.54 Å². The Balaban J connectivity index is 1.48. The van der Waals surface area contributed by atoms with Gasteiger partial charge in [-0.25, -0.2) is 0 Å². The molecule has 5 nitrogen and oxygen atoms in total. The minimum absolute atomic E-state index is 0.0147. The number of aromatic amines is 1. The third-order valence-corrected chi connectivity index (χ3v) is 6.91. The van der Waals surface area contributed by atoms with Crippen molar-refractivity contribution in [2.24, 2.45) is 5.92 Å². The van der Waals surface area contributed by atoms with Crippen LogP contribution in [0.3, 0.4) is 0 Å². The molecule has 0 atom stereocenters. The molecule has 198 valence electrons. The van der Waals surface area contributed by atoms with Gasteiger partial charge in [0.2, 0.25) is 11.8 Å². The van der Waals surface area contributed by atoms with Crippen molar-refractivity contribution in [1.82, 2.24) is 14.8 Å². The number of aromatic nitrogens is 1. The number of hydrogen-bond donors (Lipinski definition) is 1. The third kappa shape index (κ3) is 7.58. The average Bonchev–Trinajstić information content (AvgIpc) is 3.33. The minimum atomic E-state index is -0.0147. The number of H-pyrrole nitrogens is 1. The molecule has 1 aromatic heterocycles. The van der Waals surface area contributed by atoms with E-state index in [1.165, 1.54) is 16.5 Å². The summed E-state index contributed by atoms with van der Waals surface area (Å²) in [5.41, 5.74) is 5.72. The number of benzene rings is 3. The van der Waals surface area contributed by atoms with Crippen molar-refractivity contribution < 1.29 is 9.59 Å². The van der Waals surface area contributed by atoms with Crippen molar-refractivity contribution in [2.75, 3.05) is 19.6 Å². The van der Waals surface area contributed by atoms with Crippen molar-refractivity contribution in [3.05, 3.63) is 107 Å². The van der Waals surface area contributed by atoms with E-state index in [0.717, 1.165) is 23.1 Å². The highest BCUT2D eigenvalue weighted by atomic mass is 16.2. The summed E-state index contributed by atoms with van der Waals surface area (Å²) >= 11 is 0. The lowest BCUT2D eigenvalue weighted by atomic mass is 10.1. The predicted molar refractivity (Wildman–Crippen MR) is 155 cm³/mol. The molecular formula is C33H39N3O2. The molecule has 1 N–H and O–H groups in total. The Kier molecular flexibility index (Phi) is 9.36. The summed E-state index contributed by atoms with van der Waals surface area (Å²) < 4.78 is 0. The Labute approximate surface area is 226 Å². The molecule has 0 aliphatic heterocycles. The number of nitrogens with zero attached hydrogens (tertiary/aromatic N) is 2. The van der Waals surface area contributed by atoms with E-state index < -0.39 is 0 Å². The summed E-state index contributed by atoms with van der Waals surface area (Å²) in [6.45, 7) is 8.02. The monoisotopic (exact) mass is 509 g/mol. The highest BCUT2D eigenvalue weighted by molar-refractivity contribution is 5.85. The molecule has 4 rings (SSSR count). The standard InChI is InChI=1S/C33H39N3O2/c1-25(2)22-36(32(37)18-17-27-9-5-4-6-10-27)24-33(38)35(23-28-15-13-26(3)14-16-28)20-19-29-21-34-31-12-8-7-11-30(29)31/h4-16,21,25,34H,17-20,22-24H2,1-3H3. The lowest BCUT2D eigenvalue weighted by molar-refractivity contribution is -0.141. The fourth-order valence-corrected chi connectivity index (χ4v) is 4.81. The first-order chi connectivity index (χ1) is 18.4. The summed E-state index contributed by atoms with van der Waals surface area (Å²) in [5.74, 6) is 0.294. The summed E-state index contributed by atoms with van der Waals surface area (Å²) in [4.78, 5) is 34.0. The summed E-state index contributed by atoms with van der Waals surface area (Å²) in [6.07, 6.45) is 3.86. The van der Waals surface area contributed by atoms with Gasteiger partial charge in [-0.05, 0) is 48.4 Å². The van der Waals surface area contributed by atoms with Crippen molar-refractivity contribution in [3.63, 3.8) is 0 Å². The normalized spacial score (nSPS) is 11.2. The molecule has 0 aliphatic rings. The smallest absolute Gasteiger partial charge is 0.242 e. The van der Waals surface area contributed by atoms with Crippen LogP contribution in [-0.2, 0) is 29.0 Å². The molecule has 1 heterocycles. The molecule has 2 amide bonds. The van der Waals surface area contributed by atoms with Crippen molar-refractivity contribution >= 4 is 22.7 Å². The maximum atomic E-state index is 13.7. The fraction of sp³-hybridized carbons (Fsp3) is 0.333. The van der Waals surface area contributed by atoms with Crippen molar-refractivity contribution in [3.8, 4) is 0 Å². The highest BCUT2D eigenvalue weighted by Gasteiger charge is 2.22. The van der Waals surface area contributed by atoms with Gasteiger partial charge in [0.25, 0.3) is 0 Å². The van der Waals surface area contributed by atoms with Crippen LogP contribution in [0.1, 0.15) is 42.5 Å². The van der Waals surface area contributed by atoms with E-state index in [1.54, 1.807) is 4.90 Å². The lowest BCUT2D eigenvalue weighted by Gasteiger charge is -2.29. The summed E-state index contributed by atoms with van der Waals surface area (Å²) in [5, 5.41) is 1.19. The zero-order valence-corrected chi connectivity index (χ0v) is 22.8. The first-order valence-electron chi connectivity index (χ1n) is 13.6. The van der Waals surface area contributed by atoms with Crippen LogP contribution in [0.25, 0.3) is 10.9 Å². The second-order valence-corrected chi connectivity index (χ2v) is 10.6. The molecule has 0 radical (unpaired) electrons. The number of para-hydroxylation sites is 1. The van der Waals surface area contributed by atoms with Gasteiger partial charge in [-0.3, -0.25) is 9.59 Å². The second-order valence-electron chi connectivity index (χ2n) is 10.6. The molecule has 0 saturated heterocycles. The van der Waals surface area contributed by atoms with Gasteiger partial charge in [0, 0.05) is 43.2 Å². The zero-order chi connectivity index (χ0) is 26.9. The first kappa shape index (κ1) is 27.2. The average molecular weight is 510 g/mol. The third-order valence-electron chi connectivity index (χ3n) is 6.91. The number of hydrogen-bond acceptors (Lipinski definition) is 2. The van der Waals surface area contributed by atoms with Crippen LogP contribution in [0.15, 0.2) is 85.1 Å². The SMILES string of the molecule is Cc1ccc(CN(CCc2c[nH]c3ccccc23)C(=O)CN(CC(C)C)C(=O)CCc2ccccc2)cc1. The molecule has 3 aromatic carbocycles. The molecule has 0 spiro atoms. The van der Waals surface area contributed by atoms with E-state index >= 15 is 0 Å². The predicted octanol–water partition coefficient (Wildman–Crippen LogP) is 6.17. The number of carbonyl (C=O) groups is 2. The van der Waals surface area contributed by atoms with Crippen LogP contribution < -0.4 is 0 Å². The molecule has 0 saturated carbocycles. The topological polar surface area (TPSA) is 56.4 Å². The van der Waals surface area contributed by atoms with Crippen LogP contribution in [0, 0.1) is 12.8 Å². The van der Waals surface area contributed by atoms with Gasteiger partial charge in [-0.2, -0.15) is 0 Å². The van der Waals surface area contributed by atoms with E-state index in [0.29, 0.717) is 32.5 Å². The van der Waals surface area contributed by atoms with Crippen LogP contribution >= 0.6 is 0 Å². The van der Waals surface area contributed by atoms with Crippen molar-refractivity contribution in [1.29, 1.82) is 0 Å². The number of aryl methyl sites for hydroxylation is 2. The number of nitrogens with one attached hydrogen (secondary N) is 1. The highest BCUT2D eigenvalue weighted by Crippen LogP contribution is 2.19. The van der Waals surface area contributed by atoms with Gasteiger partial charge in [-0.15, -0.1) is 0 Å². The Hall–Kier alpha value is -3.86. The van der Waals surface area contributed by atoms with Crippen LogP contribution in [0.5, 0.6) is 0 Å². The van der Waals surface area contributed by atoms with E-state index in [4.69, 9.17) is 0 Å². The first-order valence-corrected chi connectivity index (χ1v) is 13.6. The number of rotatable bonds is 12. The van der Waals surface area contributed by atoms with Crippen LogP contribution in [0.2, 0.25) is 0 Å². The Morgan fingerprint density at radius 1 is 0.789 bits per heavy atom. The zero-order valence-electron chi connectivity index (χ0n) is 22.8. The lowest BCUT2D eigenvalue weighted by Crippen LogP contribution is -2.44. The van der Waals surface area contributed by atoms with Crippen LogP contribution in [0.4, 0.5) is 0 Å². The van der Waals surface area contributed by atoms with Gasteiger partial charge in [0.1, 0.15) is 0 Å². The summed E-state index contributed by atoms with van der Waals surface area (Å²) in [6, 6.07) is 26.6. The minimum Gasteiger partial charge on any atom is -0.361 e. The van der Waals surface area contributed by atoms with Gasteiger partial charge in [0.15, 0.2) is 0 Å². The number of carbonyl (C=O) groups excluding carboxylic acids is 2. The Morgan fingerprint density at radius 3 is 2.24 bits per heavy atom. The van der Waals surface area contributed by atoms with E-state index in [9.17, 15) is 9.59 Å². The van der Waals surface area contributed by atoms with Gasteiger partial charge < -0.3 is 14.8 Å². The van der Waals surface area contributed by atoms with Gasteiger partial charge >= 0.3 is 0 Å². The van der Waals surface area contributed by atoms with Gasteiger partial charge in [-0.1, -0.05) is 92.2 Å². The molecule has 4 aromatic rings. The fourth-order valence-electron chi connectivity index (χ4n) is 4.81. The maximum absolute atomic E-state index is 13.7. The Bertz CT molecular complexity index is 1330. The van der Waals surface area contributed by atoms with E-state index in [-0.39, 0.29) is 24.3 Å². The van der Waals surface area contributed by atoms with Crippen molar-refractivity contribution in [2.45, 2.75) is 46.6 Å². The quantitative estimate of drug-likeness (QED) is 0.248. The molecule has 0 unspecified atom stereocenters. The molecule has 0 fully saturated rings. The molecule has 38 heavy (non-hydrogen) atoms. The second kappa shape index (κ2) is 13.1. The number of fused-ring (bicyclic) bond motifs is 1. The maximum Gasteiger partial charge on any atom is 0.242 e. The number of amides is 2. The van der Waals surface area contributed by atoms with E-state index in [2.05, 4.69) is 62.2 Å². The summed E-state index contributed by atoms with van der Waals surface area (Å²) in [7, 11) is 0. The molecular weight excluding hydrogens is 470 g/mol. The Morgan fingerprint density at radius 2 is 1.50 bits per heavy atom. The molecule has 0 bridgehead atoms. The van der Waals surface area contributed by atoms with Crippen LogP contribution in [-0.4, -0.2) is 46.2 Å². The largest absolute Gasteiger partial charge is 0.361 e. The molecule has 5 heteroatoms.